The van der Waals surface area contributed by atoms with Gasteiger partial charge in [0.25, 0.3) is 0 Å². The van der Waals surface area contributed by atoms with Crippen molar-refractivity contribution in [3.63, 3.8) is 0 Å². The normalized spacial score (nSPS) is 20.1. The van der Waals surface area contributed by atoms with Crippen molar-refractivity contribution in [3.05, 3.63) is 23.9 Å². The fraction of sp³-hybridized carbons (Fsp3) is 0.667. The molecular weight excluding hydrogens is 222 g/mol. The van der Waals surface area contributed by atoms with Crippen LogP contribution >= 0.6 is 0 Å². The van der Waals surface area contributed by atoms with Crippen molar-refractivity contribution in [1.29, 1.82) is 0 Å². The topological polar surface area (TPSA) is 28.2 Å². The summed E-state index contributed by atoms with van der Waals surface area (Å²) in [6, 6.07) is 4.74. The van der Waals surface area contributed by atoms with Crippen LogP contribution in [0.15, 0.2) is 18.3 Å². The highest BCUT2D eigenvalue weighted by molar-refractivity contribution is 5.43. The second kappa shape index (κ2) is 5.27. The summed E-state index contributed by atoms with van der Waals surface area (Å²) in [6.45, 7) is 12.2. The van der Waals surface area contributed by atoms with Gasteiger partial charge in [-0.2, -0.15) is 0 Å². The first kappa shape index (κ1) is 13.3. The van der Waals surface area contributed by atoms with E-state index >= 15 is 0 Å². The van der Waals surface area contributed by atoms with Crippen LogP contribution in [0.4, 0.5) is 5.82 Å². The van der Waals surface area contributed by atoms with E-state index in [1.165, 1.54) is 12.0 Å². The molecule has 0 spiro atoms. The molecule has 1 saturated heterocycles. The summed E-state index contributed by atoms with van der Waals surface area (Å²) in [7, 11) is 0. The molecule has 0 aliphatic carbocycles. The van der Waals surface area contributed by atoms with Gasteiger partial charge in [-0.15, -0.1) is 0 Å². The summed E-state index contributed by atoms with van der Waals surface area (Å²) in [5, 5.41) is 3.45. The minimum Gasteiger partial charge on any atom is -0.356 e. The van der Waals surface area contributed by atoms with Crippen LogP contribution in [0.1, 0.15) is 45.7 Å². The van der Waals surface area contributed by atoms with E-state index in [2.05, 4.69) is 55.0 Å². The summed E-state index contributed by atoms with van der Waals surface area (Å²) in [6.07, 6.45) is 3.19. The highest BCUT2D eigenvalue weighted by Gasteiger charge is 2.29. The number of pyridine rings is 1. The lowest BCUT2D eigenvalue weighted by molar-refractivity contribution is 0.418. The molecule has 2 heterocycles. The molecule has 1 unspecified atom stereocenters. The molecule has 0 bridgehead atoms. The first-order valence-corrected chi connectivity index (χ1v) is 6.96. The van der Waals surface area contributed by atoms with Crippen LogP contribution in [-0.2, 0) is 0 Å². The van der Waals surface area contributed by atoms with Crippen LogP contribution in [0.5, 0.6) is 0 Å². The maximum atomic E-state index is 4.53. The van der Waals surface area contributed by atoms with Crippen molar-refractivity contribution in [3.8, 4) is 0 Å². The molecule has 0 amide bonds. The third kappa shape index (κ3) is 3.02. The minimum atomic E-state index is 0.396. The highest BCUT2D eigenvalue weighted by atomic mass is 15.2. The first-order valence-electron chi connectivity index (χ1n) is 6.96. The summed E-state index contributed by atoms with van der Waals surface area (Å²) in [5.41, 5.74) is 1.75. The lowest BCUT2D eigenvalue weighted by Crippen LogP contribution is -2.24. The smallest absolute Gasteiger partial charge is 0.128 e. The van der Waals surface area contributed by atoms with Gasteiger partial charge in [-0.25, -0.2) is 4.98 Å². The van der Waals surface area contributed by atoms with Gasteiger partial charge in [-0.05, 0) is 43.0 Å². The summed E-state index contributed by atoms with van der Waals surface area (Å²) < 4.78 is 0. The van der Waals surface area contributed by atoms with Crippen molar-refractivity contribution in [2.24, 2.45) is 5.41 Å². The van der Waals surface area contributed by atoms with Crippen molar-refractivity contribution < 1.29 is 0 Å². The summed E-state index contributed by atoms with van der Waals surface area (Å²) in [5.74, 6) is 1.13. The molecule has 1 fully saturated rings. The van der Waals surface area contributed by atoms with E-state index in [0.717, 1.165) is 25.5 Å². The van der Waals surface area contributed by atoms with Gasteiger partial charge < -0.3 is 10.2 Å². The van der Waals surface area contributed by atoms with Gasteiger partial charge in [0.2, 0.25) is 0 Å². The zero-order chi connectivity index (χ0) is 13.2. The molecule has 1 aromatic rings. The Morgan fingerprint density at radius 1 is 1.50 bits per heavy atom. The van der Waals surface area contributed by atoms with Crippen LogP contribution in [0.2, 0.25) is 0 Å². The molecule has 2 rings (SSSR count). The Morgan fingerprint density at radius 2 is 2.28 bits per heavy atom. The van der Waals surface area contributed by atoms with Gasteiger partial charge in [0.15, 0.2) is 0 Å². The van der Waals surface area contributed by atoms with Gasteiger partial charge in [0, 0.05) is 25.3 Å². The summed E-state index contributed by atoms with van der Waals surface area (Å²) in [4.78, 5) is 6.93. The monoisotopic (exact) mass is 247 g/mol. The van der Waals surface area contributed by atoms with E-state index in [1.807, 2.05) is 6.20 Å². The lowest BCUT2D eigenvalue weighted by atomic mass is 9.93. The molecule has 1 atom stereocenters. The van der Waals surface area contributed by atoms with E-state index in [0.29, 0.717) is 11.5 Å². The second-order valence-corrected chi connectivity index (χ2v) is 6.06. The molecular formula is C15H25N3. The zero-order valence-electron chi connectivity index (χ0n) is 12.0. The Kier molecular flexibility index (Phi) is 3.91. The highest BCUT2D eigenvalue weighted by Crippen LogP contribution is 2.32. The predicted molar refractivity (Wildman–Crippen MR) is 76.9 cm³/mol. The van der Waals surface area contributed by atoms with Crippen LogP contribution < -0.4 is 10.2 Å². The molecule has 100 valence electrons. The molecule has 0 aromatic carbocycles. The zero-order valence-corrected chi connectivity index (χ0v) is 12.0. The Balaban J connectivity index is 2.13. The number of anilines is 1. The number of rotatable bonds is 4. The Bertz CT molecular complexity index is 400. The Labute approximate surface area is 111 Å². The molecule has 1 aliphatic heterocycles. The number of aromatic nitrogens is 1. The minimum absolute atomic E-state index is 0.396. The summed E-state index contributed by atoms with van der Waals surface area (Å²) >= 11 is 0. The van der Waals surface area contributed by atoms with E-state index < -0.39 is 0 Å². The van der Waals surface area contributed by atoms with Gasteiger partial charge in [-0.3, -0.25) is 0 Å². The van der Waals surface area contributed by atoms with Crippen LogP contribution in [0, 0.1) is 5.41 Å². The first-order chi connectivity index (χ1) is 8.52. The van der Waals surface area contributed by atoms with Crippen LogP contribution in [0.3, 0.4) is 0 Å². The number of nitrogens with one attached hydrogen (secondary N) is 1. The molecule has 1 aromatic heterocycles. The average molecular weight is 247 g/mol. The number of hydrogen-bond acceptors (Lipinski definition) is 3. The van der Waals surface area contributed by atoms with E-state index in [1.54, 1.807) is 0 Å². The van der Waals surface area contributed by atoms with Gasteiger partial charge in [-0.1, -0.05) is 20.8 Å². The predicted octanol–water partition coefficient (Wildman–Crippen LogP) is 2.99. The molecule has 0 radical (unpaired) electrons. The number of nitrogens with zero attached hydrogens (tertiary/aromatic N) is 2. The number of hydrogen-bond donors (Lipinski definition) is 1. The van der Waals surface area contributed by atoms with E-state index in [4.69, 9.17) is 0 Å². The Morgan fingerprint density at radius 3 is 2.89 bits per heavy atom. The molecule has 18 heavy (non-hydrogen) atoms. The van der Waals surface area contributed by atoms with Crippen molar-refractivity contribution in [2.45, 2.75) is 40.2 Å². The largest absolute Gasteiger partial charge is 0.356 e. The second-order valence-electron chi connectivity index (χ2n) is 6.06. The maximum Gasteiger partial charge on any atom is 0.128 e. The van der Waals surface area contributed by atoms with Gasteiger partial charge in [0.1, 0.15) is 5.82 Å². The third-order valence-electron chi connectivity index (χ3n) is 3.78. The van der Waals surface area contributed by atoms with Crippen molar-refractivity contribution in [1.82, 2.24) is 10.3 Å². The quantitative estimate of drug-likeness (QED) is 0.886. The molecule has 3 nitrogen and oxygen atoms in total. The van der Waals surface area contributed by atoms with Crippen LogP contribution in [0.25, 0.3) is 0 Å². The molecule has 3 heteroatoms. The van der Waals surface area contributed by atoms with Gasteiger partial charge >= 0.3 is 0 Å². The van der Waals surface area contributed by atoms with E-state index in [9.17, 15) is 0 Å². The van der Waals surface area contributed by atoms with Crippen molar-refractivity contribution >= 4 is 5.82 Å². The van der Waals surface area contributed by atoms with Gasteiger partial charge in [0.05, 0.1) is 0 Å². The maximum absolute atomic E-state index is 4.53. The fourth-order valence-electron chi connectivity index (χ4n) is 2.61. The third-order valence-corrected chi connectivity index (χ3v) is 3.78. The average Bonchev–Trinajstić information content (AvgIpc) is 2.70. The van der Waals surface area contributed by atoms with Crippen molar-refractivity contribution in [2.75, 3.05) is 24.5 Å². The Hall–Kier alpha value is -1.09. The molecule has 0 saturated carbocycles. The molecule has 1 N–H and O–H groups in total. The SMILES string of the molecule is CCNC(C)c1ccnc(N2CCC(C)(C)C2)c1. The standard InChI is InChI=1S/C15H25N3/c1-5-16-12(2)13-6-8-17-14(10-13)18-9-7-15(3,4)11-18/h6,8,10,12,16H,5,7,9,11H2,1-4H3. The molecule has 1 aliphatic rings. The fourth-order valence-corrected chi connectivity index (χ4v) is 2.61. The van der Waals surface area contributed by atoms with Crippen LogP contribution in [-0.4, -0.2) is 24.6 Å². The lowest BCUT2D eigenvalue weighted by Gasteiger charge is -2.22. The van der Waals surface area contributed by atoms with E-state index in [-0.39, 0.29) is 0 Å².